The minimum Gasteiger partial charge on any atom is -0.317 e. The Balaban J connectivity index is 1.99. The van der Waals surface area contributed by atoms with Crippen molar-refractivity contribution in [1.82, 2.24) is 9.55 Å². The summed E-state index contributed by atoms with van der Waals surface area (Å²) in [6, 6.07) is 9.33. The topological polar surface area (TPSA) is 52.3 Å². The van der Waals surface area contributed by atoms with Crippen molar-refractivity contribution in [3.63, 3.8) is 0 Å². The molecule has 0 fully saturated rings. The van der Waals surface area contributed by atoms with E-state index in [4.69, 9.17) is 11.6 Å². The van der Waals surface area contributed by atoms with E-state index in [9.17, 15) is 4.79 Å². The Morgan fingerprint density at radius 3 is 2.61 bits per heavy atom. The Hall–Kier alpha value is -1.70. The van der Waals surface area contributed by atoms with Crippen molar-refractivity contribution in [1.29, 1.82) is 0 Å². The molecular weight excluding hydrogens is 508 g/mol. The molecule has 0 aliphatic carbocycles. The molecule has 1 aromatic carbocycles. The molecule has 0 radical (unpaired) electrons. The Kier molecular flexibility index (Phi) is 5.10. The molecule has 1 unspecified atom stereocenters. The molecule has 28 heavy (non-hydrogen) atoms. The molecule has 4 rings (SSSR count). The lowest BCUT2D eigenvalue weighted by Gasteiger charge is -2.26. The van der Waals surface area contributed by atoms with Crippen LogP contribution in [-0.4, -0.2) is 15.5 Å². The minimum atomic E-state index is -0.339. The van der Waals surface area contributed by atoms with E-state index >= 15 is 0 Å². The number of aryl methyl sites for hydroxylation is 1. The molecule has 1 aliphatic heterocycles. The number of hydrogen-bond donors (Lipinski definition) is 0. The molecule has 0 saturated carbocycles. The number of carbonyl (C=O) groups is 1. The number of aromatic nitrogens is 3. The van der Waals surface area contributed by atoms with Crippen molar-refractivity contribution < 1.29 is 9.78 Å². The van der Waals surface area contributed by atoms with E-state index in [1.54, 1.807) is 4.90 Å². The summed E-state index contributed by atoms with van der Waals surface area (Å²) in [5.74, 6) is -0.137. The van der Waals surface area contributed by atoms with E-state index in [2.05, 4.69) is 60.2 Å². The first-order valence-electron chi connectivity index (χ1n) is 8.84. The molecule has 1 amide bonds. The number of imidazole rings is 1. The normalized spacial score (nSPS) is 16.2. The highest BCUT2D eigenvalue weighted by Gasteiger charge is 2.47. The zero-order valence-corrected chi connectivity index (χ0v) is 19.4. The van der Waals surface area contributed by atoms with Crippen LogP contribution in [0.25, 0.3) is 0 Å². The first-order chi connectivity index (χ1) is 13.3. The largest absolute Gasteiger partial charge is 0.317 e. The highest BCUT2D eigenvalue weighted by atomic mass is 79.9. The summed E-state index contributed by atoms with van der Waals surface area (Å²) in [6.45, 7) is 6.13. The summed E-state index contributed by atoms with van der Waals surface area (Å²) in [7, 11) is 0. The number of fused-ring (bicyclic) bond motifs is 1. The smallest absolute Gasteiger partial charge is 0.280 e. The Bertz CT molecular complexity index is 1080. The minimum absolute atomic E-state index is 0.136. The van der Waals surface area contributed by atoms with E-state index in [0.717, 1.165) is 27.1 Å². The maximum absolute atomic E-state index is 13.5. The van der Waals surface area contributed by atoms with Crippen molar-refractivity contribution in [3.05, 3.63) is 73.4 Å². The number of halogens is 3. The summed E-state index contributed by atoms with van der Waals surface area (Å²) in [5.41, 5.74) is 3.97. The lowest BCUT2D eigenvalue weighted by molar-refractivity contribution is -0.392. The van der Waals surface area contributed by atoms with Gasteiger partial charge in [-0.15, -0.1) is 0 Å². The van der Waals surface area contributed by atoms with Crippen LogP contribution >= 0.6 is 43.5 Å². The second kappa shape index (κ2) is 7.28. The molecule has 2 aromatic heterocycles. The average Bonchev–Trinajstić information content (AvgIpc) is 3.11. The van der Waals surface area contributed by atoms with Crippen LogP contribution in [0.5, 0.6) is 0 Å². The molecule has 1 N–H and O–H groups in total. The quantitative estimate of drug-likeness (QED) is 0.453. The fourth-order valence-electron chi connectivity index (χ4n) is 3.65. The van der Waals surface area contributed by atoms with Gasteiger partial charge < -0.3 is 4.57 Å². The molecule has 1 aliphatic rings. The number of amides is 1. The molecule has 0 spiro atoms. The van der Waals surface area contributed by atoms with Crippen molar-refractivity contribution in [2.75, 3.05) is 4.90 Å². The van der Waals surface area contributed by atoms with E-state index in [-0.39, 0.29) is 18.0 Å². The zero-order valence-electron chi connectivity index (χ0n) is 15.5. The molecule has 3 aromatic rings. The number of pyridine rings is 1. The number of nitrogens with zero attached hydrogens (tertiary/aromatic N) is 3. The van der Waals surface area contributed by atoms with Crippen LogP contribution in [-0.2, 0) is 0 Å². The van der Waals surface area contributed by atoms with Crippen LogP contribution < -0.4 is 9.88 Å². The van der Waals surface area contributed by atoms with Crippen LogP contribution in [0.15, 0.2) is 45.7 Å². The van der Waals surface area contributed by atoms with Gasteiger partial charge in [0.2, 0.25) is 5.69 Å². The summed E-state index contributed by atoms with van der Waals surface area (Å²) in [4.78, 5) is 23.1. The van der Waals surface area contributed by atoms with E-state index in [1.165, 1.54) is 0 Å². The molecular formula is C20H18Br2ClN4O+. The molecule has 1 atom stereocenters. The van der Waals surface area contributed by atoms with E-state index in [0.29, 0.717) is 15.5 Å². The van der Waals surface area contributed by atoms with Gasteiger partial charge >= 0.3 is 0 Å². The SMILES string of the molecule is Cc1ccc(Cl)cc1N1C(=O)c2nc(Br)n(C(C)C)c2C1c1ccc(Br)c[nH+]1. The first kappa shape index (κ1) is 19.6. The third-order valence-corrected chi connectivity index (χ3v) is 6.17. The third-order valence-electron chi connectivity index (χ3n) is 4.88. The van der Waals surface area contributed by atoms with Gasteiger partial charge in [0.1, 0.15) is 0 Å². The van der Waals surface area contributed by atoms with Gasteiger partial charge in [-0.1, -0.05) is 17.7 Å². The van der Waals surface area contributed by atoms with Gasteiger partial charge in [0.05, 0.1) is 10.2 Å². The maximum Gasteiger partial charge on any atom is 0.280 e. The van der Waals surface area contributed by atoms with Crippen molar-refractivity contribution in [3.8, 4) is 0 Å². The van der Waals surface area contributed by atoms with Gasteiger partial charge in [0, 0.05) is 22.8 Å². The van der Waals surface area contributed by atoms with Crippen LogP contribution in [0.4, 0.5) is 5.69 Å². The van der Waals surface area contributed by atoms with Crippen molar-refractivity contribution in [2.45, 2.75) is 32.9 Å². The van der Waals surface area contributed by atoms with E-state index < -0.39 is 0 Å². The molecule has 3 heterocycles. The van der Waals surface area contributed by atoms with Gasteiger partial charge in [-0.05, 0) is 76.4 Å². The van der Waals surface area contributed by atoms with Gasteiger partial charge in [0.25, 0.3) is 5.91 Å². The molecule has 144 valence electrons. The standard InChI is InChI=1S/C20H17Br2ClN4O/c1-10(2)26-18-16(25-20(26)22)19(28)27(15-8-13(23)6-4-11(15)3)17(18)14-7-5-12(21)9-24-14/h4-10,17H,1-3H3/p+1. The third kappa shape index (κ3) is 3.09. The highest BCUT2D eigenvalue weighted by molar-refractivity contribution is 9.10. The van der Waals surface area contributed by atoms with Crippen molar-refractivity contribution >= 4 is 55.1 Å². The van der Waals surface area contributed by atoms with Crippen LogP contribution in [0.1, 0.15) is 53.4 Å². The average molecular weight is 526 g/mol. The number of aromatic amines is 1. The number of carbonyl (C=O) groups excluding carboxylic acids is 1. The predicted molar refractivity (Wildman–Crippen MR) is 116 cm³/mol. The maximum atomic E-state index is 13.5. The first-order valence-corrected chi connectivity index (χ1v) is 10.8. The van der Waals surface area contributed by atoms with Crippen LogP contribution in [0.2, 0.25) is 5.02 Å². The number of nitrogens with one attached hydrogen (secondary N) is 1. The number of rotatable bonds is 3. The number of benzene rings is 1. The Labute approximate surface area is 185 Å². The second-order valence-electron chi connectivity index (χ2n) is 7.05. The van der Waals surface area contributed by atoms with Crippen molar-refractivity contribution in [2.24, 2.45) is 0 Å². The highest BCUT2D eigenvalue weighted by Crippen LogP contribution is 2.44. The van der Waals surface area contributed by atoms with Crippen LogP contribution in [0, 0.1) is 6.92 Å². The van der Waals surface area contributed by atoms with Gasteiger partial charge in [-0.25, -0.2) is 9.97 Å². The number of anilines is 1. The van der Waals surface area contributed by atoms with Crippen LogP contribution in [0.3, 0.4) is 0 Å². The Morgan fingerprint density at radius 2 is 1.96 bits per heavy atom. The summed E-state index contributed by atoms with van der Waals surface area (Å²) < 4.78 is 3.66. The summed E-state index contributed by atoms with van der Waals surface area (Å²) in [5, 5.41) is 0.587. The summed E-state index contributed by atoms with van der Waals surface area (Å²) in [6.07, 6.45) is 1.87. The molecule has 0 saturated heterocycles. The second-order valence-corrected chi connectivity index (χ2v) is 9.11. The zero-order chi connectivity index (χ0) is 20.2. The Morgan fingerprint density at radius 1 is 1.21 bits per heavy atom. The lowest BCUT2D eigenvalue weighted by atomic mass is 10.1. The van der Waals surface area contributed by atoms with Gasteiger partial charge in [0.15, 0.2) is 22.7 Å². The summed E-state index contributed by atoms with van der Waals surface area (Å²) >= 11 is 13.3. The predicted octanol–water partition coefficient (Wildman–Crippen LogP) is 5.51. The number of H-pyrrole nitrogens is 1. The molecule has 0 bridgehead atoms. The molecule has 5 nitrogen and oxygen atoms in total. The van der Waals surface area contributed by atoms with Gasteiger partial charge in [-0.2, -0.15) is 0 Å². The molecule has 8 heteroatoms. The fourth-order valence-corrected chi connectivity index (χ4v) is 4.84. The fraction of sp³-hybridized carbons (Fsp3) is 0.250. The van der Waals surface area contributed by atoms with Gasteiger partial charge in [-0.3, -0.25) is 9.69 Å². The lowest BCUT2D eigenvalue weighted by Crippen LogP contribution is -2.34. The monoisotopic (exact) mass is 523 g/mol. The number of hydrogen-bond acceptors (Lipinski definition) is 2. The van der Waals surface area contributed by atoms with E-state index in [1.807, 2.05) is 43.5 Å².